The molecule has 0 unspecified atom stereocenters. The van der Waals surface area contributed by atoms with E-state index < -0.39 is 23.6 Å². The van der Waals surface area contributed by atoms with Crippen LogP contribution in [0.4, 0.5) is 11.4 Å². The first-order chi connectivity index (χ1) is 20.2. The maximum absolute atomic E-state index is 12.2. The van der Waals surface area contributed by atoms with Gasteiger partial charge in [0.25, 0.3) is 11.8 Å². The Morgan fingerprint density at radius 3 is 1.12 bits per heavy atom. The fourth-order valence-corrected chi connectivity index (χ4v) is 3.62. The molecule has 0 aromatic heterocycles. The lowest BCUT2D eigenvalue weighted by atomic mass is 10.2. The van der Waals surface area contributed by atoms with E-state index in [-0.39, 0.29) is 24.7 Å². The maximum Gasteiger partial charge on any atom is 0.269 e. The van der Waals surface area contributed by atoms with Gasteiger partial charge in [-0.15, -0.1) is 0 Å². The Morgan fingerprint density at radius 2 is 0.786 bits per heavy atom. The van der Waals surface area contributed by atoms with Crippen LogP contribution in [-0.2, 0) is 19.2 Å². The van der Waals surface area contributed by atoms with Crippen LogP contribution >= 0.6 is 0 Å². The van der Waals surface area contributed by atoms with E-state index in [9.17, 15) is 28.8 Å². The quantitative estimate of drug-likeness (QED) is 0.138. The van der Waals surface area contributed by atoms with Gasteiger partial charge in [-0.25, -0.2) is 0 Å². The Balaban J connectivity index is 1.60. The minimum absolute atomic E-state index is 0.0871. The molecular formula is C30H40N6O6. The number of nitrogens with one attached hydrogen (secondary N) is 6. The molecule has 0 aliphatic heterocycles. The van der Waals surface area contributed by atoms with Gasteiger partial charge in [0, 0.05) is 48.2 Å². The van der Waals surface area contributed by atoms with Crippen LogP contribution < -0.4 is 32.3 Å². The number of hydrogen-bond donors (Lipinski definition) is 6. The van der Waals surface area contributed by atoms with Gasteiger partial charge < -0.3 is 10.6 Å². The molecule has 12 nitrogen and oxygen atoms in total. The largest absolute Gasteiger partial charge is 0.326 e. The Labute approximate surface area is 245 Å². The number of unbranched alkanes of at least 4 members (excludes halogenated alkanes) is 3. The van der Waals surface area contributed by atoms with Crippen molar-refractivity contribution in [2.24, 2.45) is 0 Å². The molecule has 0 aliphatic rings. The first-order valence-corrected chi connectivity index (χ1v) is 14.2. The second-order valence-corrected chi connectivity index (χ2v) is 9.67. The first-order valence-electron chi connectivity index (χ1n) is 14.2. The highest BCUT2D eigenvalue weighted by Crippen LogP contribution is 2.12. The Hall–Kier alpha value is -4.74. The molecule has 2 rings (SSSR count). The van der Waals surface area contributed by atoms with Gasteiger partial charge in [-0.2, -0.15) is 0 Å². The monoisotopic (exact) mass is 580 g/mol. The van der Waals surface area contributed by atoms with Gasteiger partial charge in [0.1, 0.15) is 0 Å². The molecule has 0 radical (unpaired) electrons. The molecule has 0 saturated carbocycles. The van der Waals surface area contributed by atoms with Gasteiger partial charge in [0.2, 0.25) is 23.6 Å². The van der Waals surface area contributed by atoms with Crippen LogP contribution in [0.25, 0.3) is 0 Å². The first kappa shape index (κ1) is 33.5. The molecule has 0 spiro atoms. The van der Waals surface area contributed by atoms with Crippen molar-refractivity contribution in [1.29, 1.82) is 0 Å². The van der Waals surface area contributed by atoms with E-state index in [0.29, 0.717) is 48.2 Å². The van der Waals surface area contributed by atoms with Gasteiger partial charge in [0.05, 0.1) is 0 Å². The summed E-state index contributed by atoms with van der Waals surface area (Å²) in [6.45, 7) is 4.01. The van der Waals surface area contributed by atoms with Gasteiger partial charge in [-0.1, -0.05) is 26.7 Å². The number of amides is 6. The minimum Gasteiger partial charge on any atom is -0.326 e. The van der Waals surface area contributed by atoms with E-state index >= 15 is 0 Å². The third kappa shape index (κ3) is 13.1. The number of carbonyl (C=O) groups excluding carboxylic acids is 6. The van der Waals surface area contributed by atoms with Crippen molar-refractivity contribution in [3.63, 3.8) is 0 Å². The Kier molecular flexibility index (Phi) is 14.8. The molecule has 6 N–H and O–H groups in total. The molecule has 2 aromatic rings. The SMILES string of the molecule is CCCCC(=O)Nc1ccc(C(=O)NNC(=O)CCCCC(=O)NNC(=O)c2ccc(NC(=O)CCCC)cc2)cc1. The summed E-state index contributed by atoms with van der Waals surface area (Å²) in [4.78, 5) is 72.2. The van der Waals surface area contributed by atoms with E-state index in [1.807, 2.05) is 13.8 Å². The Morgan fingerprint density at radius 1 is 0.452 bits per heavy atom. The molecule has 12 heteroatoms. The predicted molar refractivity (Wildman–Crippen MR) is 159 cm³/mol. The molecule has 42 heavy (non-hydrogen) atoms. The van der Waals surface area contributed by atoms with Crippen molar-refractivity contribution in [3.8, 4) is 0 Å². The number of rotatable bonds is 15. The van der Waals surface area contributed by atoms with Crippen molar-refractivity contribution < 1.29 is 28.8 Å². The summed E-state index contributed by atoms with van der Waals surface area (Å²) in [6.07, 6.45) is 5.28. The molecule has 6 amide bonds. The summed E-state index contributed by atoms with van der Waals surface area (Å²) < 4.78 is 0. The van der Waals surface area contributed by atoms with Crippen LogP contribution in [0.15, 0.2) is 48.5 Å². The second kappa shape index (κ2) is 18.6. The number of hydrogen-bond acceptors (Lipinski definition) is 6. The summed E-state index contributed by atoms with van der Waals surface area (Å²) in [5.74, 6) is -2.02. The van der Waals surface area contributed by atoms with Crippen LogP contribution in [0.5, 0.6) is 0 Å². The van der Waals surface area contributed by atoms with Crippen molar-refractivity contribution >= 4 is 46.8 Å². The second-order valence-electron chi connectivity index (χ2n) is 9.67. The fraction of sp³-hybridized carbons (Fsp3) is 0.400. The molecular weight excluding hydrogens is 540 g/mol. The fourth-order valence-electron chi connectivity index (χ4n) is 3.62. The average molecular weight is 581 g/mol. The number of carbonyl (C=O) groups is 6. The average Bonchev–Trinajstić information content (AvgIpc) is 2.99. The van der Waals surface area contributed by atoms with Gasteiger partial charge in [-0.05, 0) is 74.2 Å². The summed E-state index contributed by atoms with van der Waals surface area (Å²) >= 11 is 0. The van der Waals surface area contributed by atoms with E-state index in [0.717, 1.165) is 25.7 Å². The zero-order chi connectivity index (χ0) is 30.7. The predicted octanol–water partition coefficient (Wildman–Crippen LogP) is 3.73. The molecule has 0 aliphatic carbocycles. The zero-order valence-corrected chi connectivity index (χ0v) is 24.1. The van der Waals surface area contributed by atoms with Crippen molar-refractivity contribution in [1.82, 2.24) is 21.7 Å². The van der Waals surface area contributed by atoms with Crippen molar-refractivity contribution in [3.05, 3.63) is 59.7 Å². The standard InChI is InChI=1S/C30H40N6O6/c1-3-5-9-25(37)31-23-17-13-21(14-18-23)29(41)35-33-27(39)11-7-8-12-28(40)34-36-30(42)22-15-19-24(20-16-22)32-26(38)10-6-4-2/h13-20H,3-12H2,1-2H3,(H,31,37)(H,32,38)(H,33,39)(H,34,40)(H,35,41)(H,36,42). The smallest absolute Gasteiger partial charge is 0.269 e. The van der Waals surface area contributed by atoms with Gasteiger partial charge in [0.15, 0.2) is 0 Å². The van der Waals surface area contributed by atoms with E-state index in [4.69, 9.17) is 0 Å². The number of hydrazine groups is 2. The number of benzene rings is 2. The van der Waals surface area contributed by atoms with Crippen LogP contribution in [0.1, 0.15) is 98.8 Å². The normalized spacial score (nSPS) is 10.2. The summed E-state index contributed by atoms with van der Waals surface area (Å²) in [5.41, 5.74) is 11.1. The van der Waals surface area contributed by atoms with Crippen LogP contribution in [0.3, 0.4) is 0 Å². The summed E-state index contributed by atoms with van der Waals surface area (Å²) in [7, 11) is 0. The van der Waals surface area contributed by atoms with Gasteiger partial charge in [-0.3, -0.25) is 50.5 Å². The topological polar surface area (TPSA) is 175 Å². The van der Waals surface area contributed by atoms with E-state index in [2.05, 4.69) is 32.3 Å². The lowest BCUT2D eigenvalue weighted by Crippen LogP contribution is -2.42. The highest BCUT2D eigenvalue weighted by atomic mass is 16.2. The third-order valence-corrected chi connectivity index (χ3v) is 6.07. The lowest BCUT2D eigenvalue weighted by Gasteiger charge is -2.09. The van der Waals surface area contributed by atoms with Crippen LogP contribution in [-0.4, -0.2) is 35.4 Å². The third-order valence-electron chi connectivity index (χ3n) is 6.07. The molecule has 0 fully saturated rings. The van der Waals surface area contributed by atoms with Crippen LogP contribution in [0, 0.1) is 0 Å². The van der Waals surface area contributed by atoms with Crippen molar-refractivity contribution in [2.75, 3.05) is 10.6 Å². The van der Waals surface area contributed by atoms with Gasteiger partial charge >= 0.3 is 0 Å². The highest BCUT2D eigenvalue weighted by molar-refractivity contribution is 5.97. The molecule has 0 atom stereocenters. The summed E-state index contributed by atoms with van der Waals surface area (Å²) in [6, 6.07) is 12.6. The maximum atomic E-state index is 12.2. The van der Waals surface area contributed by atoms with Crippen molar-refractivity contribution in [2.45, 2.75) is 78.1 Å². The molecule has 2 aromatic carbocycles. The van der Waals surface area contributed by atoms with E-state index in [1.165, 1.54) is 24.3 Å². The summed E-state index contributed by atoms with van der Waals surface area (Å²) in [5, 5.41) is 5.52. The minimum atomic E-state index is -0.506. The van der Waals surface area contributed by atoms with Crippen LogP contribution in [0.2, 0.25) is 0 Å². The van der Waals surface area contributed by atoms with E-state index in [1.54, 1.807) is 24.3 Å². The molecule has 0 saturated heterocycles. The number of anilines is 2. The lowest BCUT2D eigenvalue weighted by molar-refractivity contribution is -0.123. The Bertz CT molecular complexity index is 1120. The zero-order valence-electron chi connectivity index (χ0n) is 24.1. The molecule has 226 valence electrons. The molecule has 0 bridgehead atoms. The molecule has 0 heterocycles. The highest BCUT2D eigenvalue weighted by Gasteiger charge is 2.11.